The van der Waals surface area contributed by atoms with Crippen molar-refractivity contribution >= 4 is 26.7 Å². The molecule has 1 saturated carbocycles. The predicted molar refractivity (Wildman–Crippen MR) is 108 cm³/mol. The van der Waals surface area contributed by atoms with Crippen LogP contribution in [0.2, 0.25) is 0 Å². The summed E-state index contributed by atoms with van der Waals surface area (Å²) in [6.45, 7) is 5.73. The first kappa shape index (κ1) is 19.1. The summed E-state index contributed by atoms with van der Waals surface area (Å²) in [5, 5.41) is 4.69. The lowest BCUT2D eigenvalue weighted by Gasteiger charge is -2.30. The highest BCUT2D eigenvalue weighted by atomic mass is 32.2. The molecular weight excluding hydrogens is 346 g/mol. The average Bonchev–Trinajstić information content (AvgIpc) is 2.60. The highest BCUT2D eigenvalue weighted by Crippen LogP contribution is 2.27. The average molecular weight is 376 g/mol. The summed E-state index contributed by atoms with van der Waals surface area (Å²) < 4.78 is 26.4. The Morgan fingerprint density at radius 3 is 2.42 bits per heavy atom. The van der Waals surface area contributed by atoms with E-state index in [1.165, 1.54) is 0 Å². The largest absolute Gasteiger partial charge is 0.367 e. The van der Waals surface area contributed by atoms with Crippen molar-refractivity contribution in [1.82, 2.24) is 9.71 Å². The van der Waals surface area contributed by atoms with Gasteiger partial charge >= 0.3 is 0 Å². The van der Waals surface area contributed by atoms with Crippen molar-refractivity contribution in [3.05, 3.63) is 36.4 Å². The quantitative estimate of drug-likeness (QED) is 0.831. The van der Waals surface area contributed by atoms with Crippen molar-refractivity contribution in [2.24, 2.45) is 5.92 Å². The topological polar surface area (TPSA) is 71.1 Å². The molecule has 1 aliphatic rings. The van der Waals surface area contributed by atoms with Gasteiger partial charge in [0.1, 0.15) is 5.82 Å². The molecule has 0 saturated heterocycles. The van der Waals surface area contributed by atoms with E-state index < -0.39 is 14.8 Å². The van der Waals surface area contributed by atoms with Gasteiger partial charge in [0.2, 0.25) is 10.0 Å². The summed E-state index contributed by atoms with van der Waals surface area (Å²) in [6, 6.07) is 12.6. The van der Waals surface area contributed by atoms with Gasteiger partial charge in [-0.2, -0.15) is 0 Å². The summed E-state index contributed by atoms with van der Waals surface area (Å²) in [4.78, 5) is 4.68. The van der Waals surface area contributed by atoms with Crippen molar-refractivity contribution < 1.29 is 8.42 Å². The lowest BCUT2D eigenvalue weighted by molar-refractivity contribution is 0.336. The van der Waals surface area contributed by atoms with Crippen molar-refractivity contribution in [3.8, 4) is 0 Å². The van der Waals surface area contributed by atoms with Crippen molar-refractivity contribution in [1.29, 1.82) is 0 Å². The van der Waals surface area contributed by atoms with Crippen LogP contribution < -0.4 is 10.0 Å². The Labute approximate surface area is 156 Å². The van der Waals surface area contributed by atoms with Crippen LogP contribution in [0.3, 0.4) is 0 Å². The molecule has 26 heavy (non-hydrogen) atoms. The highest BCUT2D eigenvalue weighted by molar-refractivity contribution is 7.90. The van der Waals surface area contributed by atoms with Crippen molar-refractivity contribution in [3.63, 3.8) is 0 Å². The van der Waals surface area contributed by atoms with Gasteiger partial charge in [-0.05, 0) is 70.6 Å². The van der Waals surface area contributed by atoms with Crippen LogP contribution in [0.4, 0.5) is 5.82 Å². The Hall–Kier alpha value is -1.66. The van der Waals surface area contributed by atoms with Crippen LogP contribution in [-0.2, 0) is 10.0 Å². The first-order valence-electron chi connectivity index (χ1n) is 9.36. The lowest BCUT2D eigenvalue weighted by Crippen LogP contribution is -2.42. The van der Waals surface area contributed by atoms with Gasteiger partial charge in [0.25, 0.3) is 0 Å². The maximum absolute atomic E-state index is 12.2. The zero-order valence-electron chi connectivity index (χ0n) is 15.8. The molecule has 0 atom stereocenters. The lowest BCUT2D eigenvalue weighted by atomic mass is 9.86. The Morgan fingerprint density at radius 2 is 1.73 bits per heavy atom. The minimum absolute atomic E-state index is 0.402. The molecule has 142 valence electrons. The Balaban J connectivity index is 1.50. The van der Waals surface area contributed by atoms with Crippen LogP contribution in [0.5, 0.6) is 0 Å². The summed E-state index contributed by atoms with van der Waals surface area (Å²) in [5.74, 6) is 1.33. The van der Waals surface area contributed by atoms with E-state index in [2.05, 4.69) is 27.2 Å². The molecule has 1 aliphatic carbocycles. The van der Waals surface area contributed by atoms with Gasteiger partial charge in [-0.3, -0.25) is 0 Å². The standard InChI is InChI=1S/C20H29N3O2S/c1-20(2,3)26(24,25)21-14-15-8-11-17(12-9-15)22-19-13-10-16-6-4-5-7-18(16)23-19/h4-7,10,13,15,17,21H,8-9,11-12,14H2,1-3H3,(H,22,23)/t15-,17-. The van der Waals surface area contributed by atoms with E-state index in [0.29, 0.717) is 18.5 Å². The van der Waals surface area contributed by atoms with Crippen LogP contribution in [-0.4, -0.2) is 30.7 Å². The number of nitrogens with one attached hydrogen (secondary N) is 2. The number of rotatable bonds is 5. The SMILES string of the molecule is CC(C)(C)S(=O)(=O)NC[C@H]1CC[C@H](Nc2ccc3ccccc3n2)CC1. The predicted octanol–water partition coefficient (Wildman–Crippen LogP) is 3.92. The van der Waals surface area contributed by atoms with Crippen LogP contribution >= 0.6 is 0 Å². The van der Waals surface area contributed by atoms with E-state index in [4.69, 9.17) is 0 Å². The normalized spacial score (nSPS) is 21.7. The summed E-state index contributed by atoms with van der Waals surface area (Å²) >= 11 is 0. The second kappa shape index (κ2) is 7.53. The monoisotopic (exact) mass is 375 g/mol. The third-order valence-corrected chi connectivity index (χ3v) is 7.32. The minimum atomic E-state index is -3.26. The molecule has 1 heterocycles. The summed E-state index contributed by atoms with van der Waals surface area (Å²) in [5.41, 5.74) is 1.00. The van der Waals surface area contributed by atoms with Crippen LogP contribution in [0.25, 0.3) is 10.9 Å². The molecule has 6 heteroatoms. The van der Waals surface area contributed by atoms with E-state index in [1.807, 2.05) is 24.3 Å². The zero-order chi connectivity index (χ0) is 18.8. The first-order valence-corrected chi connectivity index (χ1v) is 10.8. The zero-order valence-corrected chi connectivity index (χ0v) is 16.6. The second-order valence-corrected chi connectivity index (χ2v) is 10.7. The first-order chi connectivity index (χ1) is 12.2. The molecule has 0 amide bonds. The van der Waals surface area contributed by atoms with Crippen molar-refractivity contribution in [2.75, 3.05) is 11.9 Å². The number of sulfonamides is 1. The van der Waals surface area contributed by atoms with Gasteiger partial charge in [-0.1, -0.05) is 18.2 Å². The minimum Gasteiger partial charge on any atom is -0.367 e. The number of anilines is 1. The van der Waals surface area contributed by atoms with Crippen LogP contribution in [0.15, 0.2) is 36.4 Å². The molecule has 3 rings (SSSR count). The Morgan fingerprint density at radius 1 is 1.04 bits per heavy atom. The number of pyridine rings is 1. The number of hydrogen-bond donors (Lipinski definition) is 2. The van der Waals surface area contributed by atoms with Crippen molar-refractivity contribution in [2.45, 2.75) is 57.2 Å². The van der Waals surface area contributed by atoms with Gasteiger partial charge in [0.15, 0.2) is 0 Å². The fourth-order valence-corrected chi connectivity index (χ4v) is 4.20. The molecule has 2 aromatic rings. The number of para-hydroxylation sites is 1. The fourth-order valence-electron chi connectivity index (χ4n) is 3.31. The smallest absolute Gasteiger partial charge is 0.216 e. The number of fused-ring (bicyclic) bond motifs is 1. The highest BCUT2D eigenvalue weighted by Gasteiger charge is 2.30. The maximum atomic E-state index is 12.2. The maximum Gasteiger partial charge on any atom is 0.216 e. The van der Waals surface area contributed by atoms with E-state index >= 15 is 0 Å². The summed E-state index contributed by atoms with van der Waals surface area (Å²) in [7, 11) is -3.26. The van der Waals surface area contributed by atoms with Crippen LogP contribution in [0.1, 0.15) is 46.5 Å². The molecule has 1 aromatic heterocycles. The Kier molecular flexibility index (Phi) is 5.53. The number of aromatic nitrogens is 1. The third kappa shape index (κ3) is 4.54. The number of hydrogen-bond acceptors (Lipinski definition) is 4. The van der Waals surface area contributed by atoms with E-state index in [0.717, 1.165) is 42.4 Å². The molecule has 5 nitrogen and oxygen atoms in total. The van der Waals surface area contributed by atoms with E-state index in [-0.39, 0.29) is 0 Å². The molecule has 2 N–H and O–H groups in total. The third-order valence-electron chi connectivity index (χ3n) is 5.17. The van der Waals surface area contributed by atoms with Gasteiger partial charge in [-0.15, -0.1) is 0 Å². The number of nitrogens with zero attached hydrogens (tertiary/aromatic N) is 1. The number of benzene rings is 1. The van der Waals surface area contributed by atoms with E-state index in [1.54, 1.807) is 20.8 Å². The molecule has 0 unspecified atom stereocenters. The molecule has 0 spiro atoms. The Bertz CT molecular complexity index is 851. The molecule has 1 fully saturated rings. The van der Waals surface area contributed by atoms with Gasteiger partial charge in [0, 0.05) is 18.0 Å². The van der Waals surface area contributed by atoms with Crippen LogP contribution in [0, 0.1) is 5.92 Å². The molecular formula is C20H29N3O2S. The summed E-state index contributed by atoms with van der Waals surface area (Å²) in [6.07, 6.45) is 4.13. The molecule has 0 aliphatic heterocycles. The molecule has 0 radical (unpaired) electrons. The molecule has 0 bridgehead atoms. The van der Waals surface area contributed by atoms with Gasteiger partial charge < -0.3 is 5.32 Å². The fraction of sp³-hybridized carbons (Fsp3) is 0.550. The van der Waals surface area contributed by atoms with Gasteiger partial charge in [-0.25, -0.2) is 18.1 Å². The molecule has 1 aromatic carbocycles. The van der Waals surface area contributed by atoms with Gasteiger partial charge in [0.05, 0.1) is 10.3 Å². The van der Waals surface area contributed by atoms with E-state index in [9.17, 15) is 8.42 Å². The second-order valence-electron chi connectivity index (χ2n) is 8.22.